The predicted molar refractivity (Wildman–Crippen MR) is 110 cm³/mol. The van der Waals surface area contributed by atoms with Crippen molar-refractivity contribution in [3.63, 3.8) is 0 Å². The fraction of sp³-hybridized carbons (Fsp3) is 0.391. The van der Waals surface area contributed by atoms with Gasteiger partial charge in [-0.15, -0.1) is 0 Å². The van der Waals surface area contributed by atoms with Crippen molar-refractivity contribution in [3.05, 3.63) is 47.0 Å². The van der Waals surface area contributed by atoms with E-state index in [1.54, 1.807) is 12.1 Å². The van der Waals surface area contributed by atoms with Gasteiger partial charge in [-0.2, -0.15) is 0 Å². The molecule has 2 unspecified atom stereocenters. The van der Waals surface area contributed by atoms with Crippen LogP contribution in [0.25, 0.3) is 21.8 Å². The van der Waals surface area contributed by atoms with Gasteiger partial charge < -0.3 is 19.9 Å². The number of rotatable bonds is 5. The molecule has 4 rings (SSSR count). The zero-order valence-corrected chi connectivity index (χ0v) is 16.4. The predicted octanol–water partition coefficient (Wildman–Crippen LogP) is 5.49. The number of phenols is 2. The average Bonchev–Trinajstić information content (AvgIpc) is 3.09. The first-order valence-corrected chi connectivity index (χ1v) is 9.55. The van der Waals surface area contributed by atoms with Crippen LogP contribution >= 0.6 is 0 Å². The lowest BCUT2D eigenvalue weighted by atomic mass is 9.95. The smallest absolute Gasteiger partial charge is 0.120 e. The Labute approximate surface area is 159 Å². The van der Waals surface area contributed by atoms with Crippen molar-refractivity contribution in [1.82, 2.24) is 4.98 Å². The number of aryl methyl sites for hydroxylation is 1. The summed E-state index contributed by atoms with van der Waals surface area (Å²) in [5.41, 5.74) is 4.74. The van der Waals surface area contributed by atoms with E-state index in [4.69, 9.17) is 4.74 Å². The second kappa shape index (κ2) is 6.31. The van der Waals surface area contributed by atoms with E-state index in [1.807, 2.05) is 19.1 Å². The molecule has 1 saturated heterocycles. The van der Waals surface area contributed by atoms with Gasteiger partial charge in [0.1, 0.15) is 11.5 Å². The highest BCUT2D eigenvalue weighted by Crippen LogP contribution is 2.45. The lowest BCUT2D eigenvalue weighted by Gasteiger charge is -2.07. The molecule has 1 fully saturated rings. The Hall–Kier alpha value is -2.46. The zero-order valence-electron chi connectivity index (χ0n) is 16.4. The summed E-state index contributed by atoms with van der Waals surface area (Å²) in [4.78, 5) is 3.39. The van der Waals surface area contributed by atoms with Crippen LogP contribution in [0.1, 0.15) is 44.7 Å². The van der Waals surface area contributed by atoms with Gasteiger partial charge in [0.05, 0.1) is 22.7 Å². The summed E-state index contributed by atoms with van der Waals surface area (Å²) in [5, 5.41) is 22.6. The van der Waals surface area contributed by atoms with Crippen LogP contribution in [-0.4, -0.2) is 26.9 Å². The Morgan fingerprint density at radius 2 is 1.96 bits per heavy atom. The number of fused-ring (bicyclic) bond motifs is 3. The first-order chi connectivity index (χ1) is 12.8. The van der Waals surface area contributed by atoms with Gasteiger partial charge in [-0.3, -0.25) is 0 Å². The number of allylic oxidation sites excluding steroid dienone is 2. The quantitative estimate of drug-likeness (QED) is 0.414. The molecular weight excluding hydrogens is 338 g/mol. The molecular formula is C23H27NO3. The first kappa shape index (κ1) is 17.9. The highest BCUT2D eigenvalue weighted by atomic mass is 16.6. The van der Waals surface area contributed by atoms with E-state index >= 15 is 0 Å². The lowest BCUT2D eigenvalue weighted by Crippen LogP contribution is -2.11. The minimum Gasteiger partial charge on any atom is -0.508 e. The normalized spacial score (nSPS) is 21.7. The molecule has 0 radical (unpaired) electrons. The first-order valence-electron chi connectivity index (χ1n) is 9.55. The van der Waals surface area contributed by atoms with E-state index < -0.39 is 0 Å². The van der Waals surface area contributed by atoms with Crippen LogP contribution < -0.4 is 0 Å². The summed E-state index contributed by atoms with van der Waals surface area (Å²) in [6, 6.07) is 7.44. The molecule has 1 aliphatic heterocycles. The maximum Gasteiger partial charge on any atom is 0.120 e. The van der Waals surface area contributed by atoms with Crippen molar-refractivity contribution in [2.45, 2.75) is 58.7 Å². The molecule has 3 aromatic rings. The Morgan fingerprint density at radius 3 is 2.70 bits per heavy atom. The molecule has 1 aromatic heterocycles. The van der Waals surface area contributed by atoms with Crippen LogP contribution in [0.15, 0.2) is 35.9 Å². The Morgan fingerprint density at radius 1 is 1.19 bits per heavy atom. The Kier molecular flexibility index (Phi) is 4.19. The van der Waals surface area contributed by atoms with Crippen molar-refractivity contribution in [1.29, 1.82) is 0 Å². The van der Waals surface area contributed by atoms with Gasteiger partial charge in [0.25, 0.3) is 0 Å². The fourth-order valence-corrected chi connectivity index (χ4v) is 3.97. The number of epoxide rings is 1. The number of aromatic nitrogens is 1. The Bertz CT molecular complexity index is 1060. The summed E-state index contributed by atoms with van der Waals surface area (Å²) >= 11 is 0. The van der Waals surface area contributed by atoms with Crippen molar-refractivity contribution in [3.8, 4) is 11.5 Å². The van der Waals surface area contributed by atoms with Gasteiger partial charge >= 0.3 is 0 Å². The van der Waals surface area contributed by atoms with Crippen LogP contribution in [0.2, 0.25) is 0 Å². The number of H-pyrrole nitrogens is 1. The monoisotopic (exact) mass is 365 g/mol. The van der Waals surface area contributed by atoms with Crippen molar-refractivity contribution < 1.29 is 14.9 Å². The molecule has 4 nitrogen and oxygen atoms in total. The largest absolute Gasteiger partial charge is 0.508 e. The van der Waals surface area contributed by atoms with E-state index in [9.17, 15) is 10.2 Å². The molecule has 27 heavy (non-hydrogen) atoms. The van der Waals surface area contributed by atoms with Gasteiger partial charge in [0, 0.05) is 28.8 Å². The van der Waals surface area contributed by atoms with Crippen molar-refractivity contribution in [2.24, 2.45) is 0 Å². The van der Waals surface area contributed by atoms with Crippen molar-refractivity contribution in [2.75, 3.05) is 0 Å². The van der Waals surface area contributed by atoms with E-state index in [2.05, 4.69) is 31.8 Å². The number of aromatic hydroxyl groups is 2. The van der Waals surface area contributed by atoms with E-state index in [0.717, 1.165) is 45.8 Å². The minimum absolute atomic E-state index is 0.112. The molecule has 2 atom stereocenters. The number of ether oxygens (including phenoxy) is 1. The maximum atomic E-state index is 10.5. The summed E-state index contributed by atoms with van der Waals surface area (Å²) in [6.45, 7) is 8.27. The third-order valence-corrected chi connectivity index (χ3v) is 5.79. The number of hydrogen-bond donors (Lipinski definition) is 3. The average molecular weight is 365 g/mol. The molecule has 4 heteroatoms. The van der Waals surface area contributed by atoms with Crippen LogP contribution in [0.3, 0.4) is 0 Å². The third-order valence-electron chi connectivity index (χ3n) is 5.79. The molecule has 2 aromatic carbocycles. The third kappa shape index (κ3) is 3.19. The summed E-state index contributed by atoms with van der Waals surface area (Å²) in [6.07, 6.45) is 5.03. The fourth-order valence-electron chi connectivity index (χ4n) is 3.97. The van der Waals surface area contributed by atoms with Crippen LogP contribution in [-0.2, 0) is 11.2 Å². The highest BCUT2D eigenvalue weighted by molar-refractivity contribution is 6.09. The molecule has 0 aliphatic carbocycles. The summed E-state index contributed by atoms with van der Waals surface area (Å²) in [5.74, 6) is 0.564. The van der Waals surface area contributed by atoms with E-state index in [-0.39, 0.29) is 23.2 Å². The second-order valence-corrected chi connectivity index (χ2v) is 8.24. The van der Waals surface area contributed by atoms with Crippen molar-refractivity contribution >= 4 is 21.8 Å². The van der Waals surface area contributed by atoms with Gasteiger partial charge in [-0.1, -0.05) is 11.6 Å². The zero-order chi connectivity index (χ0) is 19.3. The Balaban J connectivity index is 1.66. The lowest BCUT2D eigenvalue weighted by molar-refractivity contribution is 0.297. The minimum atomic E-state index is -0.124. The number of aromatic amines is 1. The SMILES string of the molecule is CC(C)=CCCC1(C)OC1Cc1c(O)ccc2c1[nH]c1cc(O)c(C)cc12. The molecule has 2 heterocycles. The molecule has 1 aliphatic rings. The van der Waals surface area contributed by atoms with E-state index in [1.165, 1.54) is 5.57 Å². The van der Waals surface area contributed by atoms with Gasteiger partial charge in [0.15, 0.2) is 0 Å². The molecule has 142 valence electrons. The van der Waals surface area contributed by atoms with E-state index in [0.29, 0.717) is 6.42 Å². The number of benzene rings is 2. The molecule has 0 amide bonds. The number of nitrogens with one attached hydrogen (secondary N) is 1. The molecule has 0 saturated carbocycles. The van der Waals surface area contributed by atoms with Gasteiger partial charge in [-0.25, -0.2) is 0 Å². The topological polar surface area (TPSA) is 68.8 Å². The number of phenolic OH excluding ortho intramolecular Hbond substituents is 2. The highest BCUT2D eigenvalue weighted by Gasteiger charge is 2.51. The van der Waals surface area contributed by atoms with Crippen LogP contribution in [0.4, 0.5) is 0 Å². The number of hydrogen-bond acceptors (Lipinski definition) is 3. The van der Waals surface area contributed by atoms with Crippen LogP contribution in [0.5, 0.6) is 11.5 Å². The molecule has 0 bridgehead atoms. The molecule has 0 spiro atoms. The standard InChI is InChI=1S/C23H27NO3/c1-13(2)6-5-9-23(4)21(27-23)11-17-19(25)8-7-15-16-10-14(3)20(26)12-18(16)24-22(15)17/h6-8,10,12,21,24-26H,5,9,11H2,1-4H3. The molecule has 3 N–H and O–H groups in total. The van der Waals surface area contributed by atoms with Crippen LogP contribution in [0, 0.1) is 6.92 Å². The van der Waals surface area contributed by atoms with Gasteiger partial charge in [0.2, 0.25) is 0 Å². The summed E-state index contributed by atoms with van der Waals surface area (Å²) < 4.78 is 6.01. The second-order valence-electron chi connectivity index (χ2n) is 8.24. The summed E-state index contributed by atoms with van der Waals surface area (Å²) in [7, 11) is 0. The van der Waals surface area contributed by atoms with Gasteiger partial charge in [-0.05, 0) is 64.3 Å². The maximum absolute atomic E-state index is 10.5.